The molecule has 0 heterocycles. The van der Waals surface area contributed by atoms with Crippen molar-refractivity contribution in [3.05, 3.63) is 22.2 Å². The molecule has 3 nitrogen and oxygen atoms in total. The van der Waals surface area contributed by atoms with Gasteiger partial charge >= 0.3 is 0 Å². The molecule has 0 bridgehead atoms. The molecule has 0 aromatic heterocycles. The van der Waals surface area contributed by atoms with Crippen LogP contribution >= 0.6 is 33.9 Å². The summed E-state index contributed by atoms with van der Waals surface area (Å²) in [7, 11) is 1.03. The molecular formula is C8H5Cl3F2O3S. The van der Waals surface area contributed by atoms with Gasteiger partial charge in [0.2, 0.25) is 0 Å². The molecule has 1 rings (SSSR count). The second kappa shape index (κ2) is 5.56. The first-order valence-corrected chi connectivity index (χ1v) is 7.13. The smallest absolute Gasteiger partial charge is 0.272 e. The largest absolute Gasteiger partial charge is 0.486 e. The molecular weight excluding hydrogens is 321 g/mol. The third kappa shape index (κ3) is 3.84. The van der Waals surface area contributed by atoms with Crippen molar-refractivity contribution in [2.75, 3.05) is 6.61 Å². The molecule has 0 saturated carbocycles. The van der Waals surface area contributed by atoms with E-state index in [-0.39, 0.29) is 15.8 Å². The van der Waals surface area contributed by atoms with E-state index in [1.54, 1.807) is 0 Å². The number of hydrogen-bond acceptors (Lipinski definition) is 3. The monoisotopic (exact) mass is 324 g/mol. The second-order valence-electron chi connectivity index (χ2n) is 2.83. The van der Waals surface area contributed by atoms with Gasteiger partial charge in [0.1, 0.15) is 22.3 Å². The van der Waals surface area contributed by atoms with Gasteiger partial charge in [-0.3, -0.25) is 0 Å². The maximum Gasteiger partial charge on any atom is 0.272 e. The molecule has 0 amide bonds. The average Bonchev–Trinajstić information content (AvgIpc) is 2.18. The predicted octanol–water partition coefficient (Wildman–Crippen LogP) is 3.56. The highest BCUT2D eigenvalue weighted by Gasteiger charge is 2.20. The van der Waals surface area contributed by atoms with Crippen molar-refractivity contribution in [3.8, 4) is 5.75 Å². The molecule has 0 radical (unpaired) electrons. The molecule has 0 unspecified atom stereocenters. The lowest BCUT2D eigenvalue weighted by molar-refractivity contribution is 0.0819. The van der Waals surface area contributed by atoms with Crippen molar-refractivity contribution in [2.24, 2.45) is 0 Å². The highest BCUT2D eigenvalue weighted by atomic mass is 35.7. The molecule has 9 heteroatoms. The molecule has 1 aromatic rings. The summed E-state index contributed by atoms with van der Waals surface area (Å²) in [5.74, 6) is -0.138. The summed E-state index contributed by atoms with van der Waals surface area (Å²) in [4.78, 5) is -0.407. The summed E-state index contributed by atoms with van der Waals surface area (Å²) in [6.07, 6.45) is -2.68. The van der Waals surface area contributed by atoms with E-state index in [4.69, 9.17) is 33.9 Å². The Balaban J connectivity index is 3.11. The molecule has 0 spiro atoms. The van der Waals surface area contributed by atoms with E-state index in [1.807, 2.05) is 0 Å². The zero-order chi connectivity index (χ0) is 13.2. The van der Waals surface area contributed by atoms with E-state index >= 15 is 0 Å². The highest BCUT2D eigenvalue weighted by Crippen LogP contribution is 2.37. The van der Waals surface area contributed by atoms with Crippen LogP contribution in [0.25, 0.3) is 0 Å². The Morgan fingerprint density at radius 1 is 1.24 bits per heavy atom. The van der Waals surface area contributed by atoms with E-state index in [0.717, 1.165) is 12.1 Å². The third-order valence-electron chi connectivity index (χ3n) is 1.64. The van der Waals surface area contributed by atoms with Crippen LogP contribution in [0.15, 0.2) is 17.0 Å². The van der Waals surface area contributed by atoms with Gasteiger partial charge in [-0.25, -0.2) is 17.2 Å². The number of hydrogen-bond donors (Lipinski definition) is 0. The summed E-state index contributed by atoms with van der Waals surface area (Å²) >= 11 is 11.3. The Bertz CT molecular complexity index is 519. The van der Waals surface area contributed by atoms with E-state index in [0.29, 0.717) is 0 Å². The van der Waals surface area contributed by atoms with Crippen LogP contribution in [0.3, 0.4) is 0 Å². The van der Waals surface area contributed by atoms with Crippen LogP contribution in [-0.4, -0.2) is 21.5 Å². The van der Waals surface area contributed by atoms with Gasteiger partial charge in [0, 0.05) is 10.7 Å². The average molecular weight is 326 g/mol. The zero-order valence-electron chi connectivity index (χ0n) is 7.96. The molecule has 0 fully saturated rings. The first kappa shape index (κ1) is 14.8. The summed E-state index contributed by atoms with van der Waals surface area (Å²) < 4.78 is 50.5. The maximum atomic E-state index is 11.9. The Morgan fingerprint density at radius 2 is 1.82 bits per heavy atom. The lowest BCUT2D eigenvalue weighted by atomic mass is 10.3. The van der Waals surface area contributed by atoms with Gasteiger partial charge < -0.3 is 4.74 Å². The summed E-state index contributed by atoms with van der Waals surface area (Å²) in [6.45, 7) is -0.872. The maximum absolute atomic E-state index is 11.9. The predicted molar refractivity (Wildman–Crippen MR) is 61.0 cm³/mol. The Labute approximate surface area is 111 Å². The SMILES string of the molecule is O=S(=O)(Cl)c1ccc(OCC(F)F)c(Cl)c1Cl. The molecule has 0 atom stereocenters. The molecule has 1 aromatic carbocycles. The van der Waals surface area contributed by atoms with Crippen molar-refractivity contribution in [3.63, 3.8) is 0 Å². The number of rotatable bonds is 4. The van der Waals surface area contributed by atoms with Gasteiger partial charge in [0.15, 0.2) is 0 Å². The van der Waals surface area contributed by atoms with E-state index in [2.05, 4.69) is 4.74 Å². The minimum atomic E-state index is -4.05. The number of halogens is 5. The van der Waals surface area contributed by atoms with E-state index < -0.39 is 27.0 Å². The van der Waals surface area contributed by atoms with Gasteiger partial charge in [-0.2, -0.15) is 0 Å². The fourth-order valence-electron chi connectivity index (χ4n) is 0.967. The molecule has 17 heavy (non-hydrogen) atoms. The van der Waals surface area contributed by atoms with Crippen molar-refractivity contribution in [2.45, 2.75) is 11.3 Å². The standard InChI is InChI=1S/C8H5Cl3F2O3S/c9-7-4(16-3-6(12)13)1-2-5(8(7)10)17(11,14)15/h1-2,6H,3H2. The molecule has 0 N–H and O–H groups in total. The topological polar surface area (TPSA) is 43.4 Å². The summed E-state index contributed by atoms with van der Waals surface area (Å²) in [6, 6.07) is 2.13. The normalized spacial score (nSPS) is 11.9. The van der Waals surface area contributed by atoms with Crippen molar-refractivity contribution < 1.29 is 21.9 Å². The lowest BCUT2D eigenvalue weighted by Crippen LogP contribution is -2.07. The van der Waals surface area contributed by atoms with Crippen LogP contribution < -0.4 is 4.74 Å². The van der Waals surface area contributed by atoms with Crippen LogP contribution in [0.1, 0.15) is 0 Å². The van der Waals surface area contributed by atoms with Crippen LogP contribution in [0.2, 0.25) is 10.0 Å². The first-order chi connectivity index (χ1) is 7.73. The van der Waals surface area contributed by atoms with E-state index in [1.165, 1.54) is 0 Å². The quantitative estimate of drug-likeness (QED) is 0.795. The van der Waals surface area contributed by atoms with E-state index in [9.17, 15) is 17.2 Å². The number of alkyl halides is 2. The minimum absolute atomic E-state index is 0.138. The van der Waals surface area contributed by atoms with Crippen LogP contribution in [0.5, 0.6) is 5.75 Å². The molecule has 0 aliphatic rings. The number of benzene rings is 1. The second-order valence-corrected chi connectivity index (χ2v) is 6.12. The minimum Gasteiger partial charge on any atom is -0.486 e. The van der Waals surface area contributed by atoms with Crippen LogP contribution in [0.4, 0.5) is 8.78 Å². The molecule has 0 aliphatic carbocycles. The van der Waals surface area contributed by atoms with Crippen LogP contribution in [-0.2, 0) is 9.05 Å². The Morgan fingerprint density at radius 3 is 2.29 bits per heavy atom. The summed E-state index contributed by atoms with van der Waals surface area (Å²) in [5, 5.41) is -0.650. The van der Waals surface area contributed by atoms with Gasteiger partial charge in [-0.15, -0.1) is 0 Å². The van der Waals surface area contributed by atoms with Crippen molar-refractivity contribution in [1.29, 1.82) is 0 Å². The lowest BCUT2D eigenvalue weighted by Gasteiger charge is -2.10. The number of ether oxygens (including phenoxy) is 1. The van der Waals surface area contributed by atoms with Crippen molar-refractivity contribution in [1.82, 2.24) is 0 Å². The zero-order valence-corrected chi connectivity index (χ0v) is 11.0. The fraction of sp³-hybridized carbons (Fsp3) is 0.250. The van der Waals surface area contributed by atoms with Crippen LogP contribution in [0, 0.1) is 0 Å². The Hall–Kier alpha value is -0.300. The van der Waals surface area contributed by atoms with Gasteiger partial charge in [0.25, 0.3) is 15.5 Å². The van der Waals surface area contributed by atoms with Gasteiger partial charge in [0.05, 0.1) is 5.02 Å². The Kier molecular flexibility index (Phi) is 4.83. The molecule has 0 aliphatic heterocycles. The fourth-order valence-corrected chi connectivity index (χ4v) is 2.75. The van der Waals surface area contributed by atoms with Gasteiger partial charge in [-0.05, 0) is 12.1 Å². The van der Waals surface area contributed by atoms with Gasteiger partial charge in [-0.1, -0.05) is 23.2 Å². The first-order valence-electron chi connectivity index (χ1n) is 4.07. The highest BCUT2D eigenvalue weighted by molar-refractivity contribution is 8.13. The molecule has 0 saturated heterocycles. The van der Waals surface area contributed by atoms with Crippen molar-refractivity contribution >= 4 is 42.9 Å². The third-order valence-corrected chi connectivity index (χ3v) is 3.98. The summed E-state index contributed by atoms with van der Waals surface area (Å²) in [5.41, 5.74) is 0. The molecule has 96 valence electrons.